The molecule has 1 rings (SSSR count). The van der Waals surface area contributed by atoms with Gasteiger partial charge in [-0.25, -0.2) is 8.42 Å². The Kier molecular flexibility index (Phi) is 5.05. The molecule has 0 unspecified atom stereocenters. The number of para-hydroxylation sites is 1. The quantitative estimate of drug-likeness (QED) is 0.645. The van der Waals surface area contributed by atoms with Crippen molar-refractivity contribution in [2.45, 2.75) is 25.2 Å². The minimum Gasteiger partial charge on any atom is -0.383 e. The number of hydrogen-bond acceptors (Lipinski definition) is 3. The minimum absolute atomic E-state index is 0.112. The summed E-state index contributed by atoms with van der Waals surface area (Å²) in [7, 11) is -3.17. The summed E-state index contributed by atoms with van der Waals surface area (Å²) >= 11 is 0. The van der Waals surface area contributed by atoms with Gasteiger partial charge in [0.15, 0.2) is 9.84 Å². The summed E-state index contributed by atoms with van der Waals surface area (Å²) in [5, 5.41) is 3.11. The number of anilines is 1. The Morgan fingerprint density at radius 3 is 2.65 bits per heavy atom. The smallest absolute Gasteiger partial charge is 0.180 e. The predicted octanol–water partition coefficient (Wildman–Crippen LogP) is 2.31. The SMILES string of the molecule is CC#CCCNc1ccccc1S(=O)(=O)CC. The molecule has 0 radical (unpaired) electrons. The molecule has 1 aromatic carbocycles. The van der Waals surface area contributed by atoms with Gasteiger partial charge in [0.05, 0.1) is 16.3 Å². The van der Waals surface area contributed by atoms with Crippen LogP contribution in [0, 0.1) is 11.8 Å². The van der Waals surface area contributed by atoms with Gasteiger partial charge >= 0.3 is 0 Å². The van der Waals surface area contributed by atoms with Crippen molar-refractivity contribution in [1.82, 2.24) is 0 Å². The van der Waals surface area contributed by atoms with Crippen molar-refractivity contribution in [3.8, 4) is 11.8 Å². The molecule has 0 saturated carbocycles. The standard InChI is InChI=1S/C13H17NO2S/c1-3-5-8-11-14-12-9-6-7-10-13(12)17(15,16)4-2/h6-7,9-10,14H,4,8,11H2,1-2H3. The minimum atomic E-state index is -3.17. The van der Waals surface area contributed by atoms with Gasteiger partial charge in [0.1, 0.15) is 0 Å². The van der Waals surface area contributed by atoms with Gasteiger partial charge in [-0.3, -0.25) is 0 Å². The van der Waals surface area contributed by atoms with Crippen LogP contribution < -0.4 is 5.32 Å². The molecular weight excluding hydrogens is 234 g/mol. The van der Waals surface area contributed by atoms with Crippen molar-refractivity contribution in [3.05, 3.63) is 24.3 Å². The first kappa shape index (κ1) is 13.6. The van der Waals surface area contributed by atoms with Gasteiger partial charge in [-0.2, -0.15) is 0 Å². The van der Waals surface area contributed by atoms with E-state index in [0.29, 0.717) is 23.5 Å². The van der Waals surface area contributed by atoms with Crippen LogP contribution in [0.3, 0.4) is 0 Å². The third-order valence-corrected chi connectivity index (χ3v) is 4.13. The molecule has 0 heterocycles. The summed E-state index contributed by atoms with van der Waals surface area (Å²) in [5.74, 6) is 5.84. The molecule has 17 heavy (non-hydrogen) atoms. The normalized spacial score (nSPS) is 10.5. The summed E-state index contributed by atoms with van der Waals surface area (Å²) in [6.45, 7) is 4.08. The van der Waals surface area contributed by atoms with Crippen molar-refractivity contribution < 1.29 is 8.42 Å². The van der Waals surface area contributed by atoms with Gasteiger partial charge in [0, 0.05) is 13.0 Å². The number of hydrogen-bond donors (Lipinski definition) is 1. The summed E-state index contributed by atoms with van der Waals surface area (Å²) in [6.07, 6.45) is 0.705. The van der Waals surface area contributed by atoms with Crippen molar-refractivity contribution >= 4 is 15.5 Å². The molecule has 0 fully saturated rings. The first-order valence-corrected chi connectivity index (χ1v) is 7.22. The highest BCUT2D eigenvalue weighted by Crippen LogP contribution is 2.21. The number of rotatable bonds is 5. The zero-order valence-electron chi connectivity index (χ0n) is 10.2. The van der Waals surface area contributed by atoms with Crippen LogP contribution in [-0.4, -0.2) is 20.7 Å². The van der Waals surface area contributed by atoms with Crippen LogP contribution in [0.5, 0.6) is 0 Å². The highest BCUT2D eigenvalue weighted by molar-refractivity contribution is 7.91. The second kappa shape index (κ2) is 6.31. The lowest BCUT2D eigenvalue weighted by atomic mass is 10.3. The summed E-state index contributed by atoms with van der Waals surface area (Å²) in [4.78, 5) is 0.368. The van der Waals surface area contributed by atoms with E-state index in [1.54, 1.807) is 32.0 Å². The highest BCUT2D eigenvalue weighted by atomic mass is 32.2. The molecule has 0 aliphatic heterocycles. The van der Waals surface area contributed by atoms with Gasteiger partial charge < -0.3 is 5.32 Å². The van der Waals surface area contributed by atoms with Crippen LogP contribution in [0.1, 0.15) is 20.3 Å². The van der Waals surface area contributed by atoms with Gasteiger partial charge in [0.2, 0.25) is 0 Å². The number of benzene rings is 1. The molecule has 0 atom stereocenters. The first-order chi connectivity index (χ1) is 8.11. The maximum atomic E-state index is 11.8. The average Bonchev–Trinajstić information content (AvgIpc) is 2.35. The third kappa shape index (κ3) is 3.79. The van der Waals surface area contributed by atoms with E-state index in [4.69, 9.17) is 0 Å². The van der Waals surface area contributed by atoms with Gasteiger partial charge in [-0.1, -0.05) is 19.1 Å². The molecular formula is C13H17NO2S. The number of sulfone groups is 1. The fourth-order valence-electron chi connectivity index (χ4n) is 1.42. The molecule has 1 N–H and O–H groups in total. The topological polar surface area (TPSA) is 46.2 Å². The Morgan fingerprint density at radius 2 is 2.00 bits per heavy atom. The van der Waals surface area contributed by atoms with E-state index in [1.165, 1.54) is 0 Å². The Morgan fingerprint density at radius 1 is 1.29 bits per heavy atom. The fraction of sp³-hybridized carbons (Fsp3) is 0.385. The van der Waals surface area contributed by atoms with Crippen molar-refractivity contribution in [3.63, 3.8) is 0 Å². The number of nitrogens with one attached hydrogen (secondary N) is 1. The third-order valence-electron chi connectivity index (χ3n) is 2.34. The molecule has 4 heteroatoms. The van der Waals surface area contributed by atoms with E-state index in [0.717, 1.165) is 0 Å². The molecule has 0 aliphatic carbocycles. The van der Waals surface area contributed by atoms with Crippen LogP contribution in [0.15, 0.2) is 29.2 Å². The molecule has 0 aliphatic rings. The second-order valence-electron chi connectivity index (χ2n) is 3.50. The molecule has 0 bridgehead atoms. The van der Waals surface area contributed by atoms with E-state index < -0.39 is 9.84 Å². The second-order valence-corrected chi connectivity index (χ2v) is 5.75. The predicted molar refractivity (Wildman–Crippen MR) is 70.7 cm³/mol. The average molecular weight is 251 g/mol. The lowest BCUT2D eigenvalue weighted by Crippen LogP contribution is -2.09. The van der Waals surface area contributed by atoms with Crippen molar-refractivity contribution in [2.75, 3.05) is 17.6 Å². The largest absolute Gasteiger partial charge is 0.383 e. The Balaban J connectivity index is 2.88. The van der Waals surface area contributed by atoms with E-state index in [-0.39, 0.29) is 5.75 Å². The molecule has 0 spiro atoms. The van der Waals surface area contributed by atoms with Gasteiger partial charge in [-0.05, 0) is 19.1 Å². The molecule has 0 aromatic heterocycles. The van der Waals surface area contributed by atoms with Crippen LogP contribution >= 0.6 is 0 Å². The molecule has 92 valence electrons. The van der Waals surface area contributed by atoms with Gasteiger partial charge in [-0.15, -0.1) is 11.8 Å². The molecule has 0 amide bonds. The van der Waals surface area contributed by atoms with Crippen molar-refractivity contribution in [2.24, 2.45) is 0 Å². The lowest BCUT2D eigenvalue weighted by Gasteiger charge is -2.10. The maximum Gasteiger partial charge on any atom is 0.180 e. The Labute approximate surface area is 103 Å². The van der Waals surface area contributed by atoms with E-state index in [1.807, 2.05) is 6.07 Å². The molecule has 1 aromatic rings. The molecule has 0 saturated heterocycles. The first-order valence-electron chi connectivity index (χ1n) is 5.57. The van der Waals surface area contributed by atoms with Gasteiger partial charge in [0.25, 0.3) is 0 Å². The highest BCUT2D eigenvalue weighted by Gasteiger charge is 2.15. The van der Waals surface area contributed by atoms with E-state index in [9.17, 15) is 8.42 Å². The maximum absolute atomic E-state index is 11.8. The van der Waals surface area contributed by atoms with Crippen LogP contribution in [0.2, 0.25) is 0 Å². The Bertz CT molecular complexity index is 524. The van der Waals surface area contributed by atoms with Crippen LogP contribution in [-0.2, 0) is 9.84 Å². The van der Waals surface area contributed by atoms with E-state index in [2.05, 4.69) is 17.2 Å². The summed E-state index contributed by atoms with van der Waals surface area (Å²) in [6, 6.07) is 6.97. The fourth-order valence-corrected chi connectivity index (χ4v) is 2.50. The summed E-state index contributed by atoms with van der Waals surface area (Å²) < 4.78 is 23.7. The zero-order valence-corrected chi connectivity index (χ0v) is 11.0. The Hall–Kier alpha value is -1.47. The monoisotopic (exact) mass is 251 g/mol. The van der Waals surface area contributed by atoms with E-state index >= 15 is 0 Å². The summed E-state index contributed by atoms with van der Waals surface area (Å²) in [5.41, 5.74) is 0.659. The lowest BCUT2D eigenvalue weighted by molar-refractivity contribution is 0.597. The van der Waals surface area contributed by atoms with Crippen LogP contribution in [0.4, 0.5) is 5.69 Å². The van der Waals surface area contributed by atoms with Crippen LogP contribution in [0.25, 0.3) is 0 Å². The molecule has 3 nitrogen and oxygen atoms in total. The zero-order chi connectivity index (χ0) is 12.7. The van der Waals surface area contributed by atoms with Crippen molar-refractivity contribution in [1.29, 1.82) is 0 Å².